The molecule has 0 aliphatic rings. The lowest BCUT2D eigenvalue weighted by Gasteiger charge is -2.18. The fourth-order valence-corrected chi connectivity index (χ4v) is 8.34. The van der Waals surface area contributed by atoms with Crippen molar-refractivity contribution in [2.75, 3.05) is 13.2 Å². The molecule has 0 aromatic carbocycles. The number of unbranched alkanes of at least 4 members (excludes halogenated alkanes) is 34. The zero-order chi connectivity index (χ0) is 44.7. The largest absolute Gasteiger partial charge is 0.462 e. The fraction of sp³-hybridized carbons (Fsp3) is 0.945. The Hall–Kier alpha value is -1.59. The Morgan fingerprint density at radius 2 is 0.541 bits per heavy atom. The monoisotopic (exact) mass is 863 g/mol. The Morgan fingerprint density at radius 1 is 0.311 bits per heavy atom. The number of carbonyl (C=O) groups excluding carboxylic acids is 3. The summed E-state index contributed by atoms with van der Waals surface area (Å²) in [6.45, 7) is 11.4. The Labute approximate surface area is 380 Å². The van der Waals surface area contributed by atoms with Crippen molar-refractivity contribution in [3.63, 3.8) is 0 Å². The van der Waals surface area contributed by atoms with Crippen molar-refractivity contribution in [2.45, 2.75) is 310 Å². The first kappa shape index (κ1) is 59.4. The zero-order valence-electron chi connectivity index (χ0n) is 41.8. The van der Waals surface area contributed by atoms with Crippen molar-refractivity contribution in [3.05, 3.63) is 0 Å². The van der Waals surface area contributed by atoms with Crippen molar-refractivity contribution in [1.82, 2.24) is 0 Å². The van der Waals surface area contributed by atoms with Gasteiger partial charge in [-0.15, -0.1) is 0 Å². The van der Waals surface area contributed by atoms with Crippen LogP contribution in [0.1, 0.15) is 304 Å². The van der Waals surface area contributed by atoms with E-state index in [2.05, 4.69) is 34.6 Å². The molecule has 0 heterocycles. The first-order chi connectivity index (χ1) is 29.7. The second-order valence-corrected chi connectivity index (χ2v) is 19.8. The van der Waals surface area contributed by atoms with Crippen molar-refractivity contribution >= 4 is 17.9 Å². The molecule has 0 aliphatic carbocycles. The molecule has 6 heteroatoms. The molecule has 0 fully saturated rings. The minimum absolute atomic E-state index is 0.0634. The highest BCUT2D eigenvalue weighted by Gasteiger charge is 2.19. The SMILES string of the molecule is CCCCCCCCCCCCCCCCCC(=O)OC[C@@H](COC(=O)CCCCCCCCCCC(C)C)OC(=O)CCCCCCCCCCCCCCCCC(C)C. The molecule has 61 heavy (non-hydrogen) atoms. The molecule has 0 spiro atoms. The molecule has 0 rings (SSSR count). The van der Waals surface area contributed by atoms with Crippen LogP contribution in [0, 0.1) is 11.8 Å². The highest BCUT2D eigenvalue weighted by Crippen LogP contribution is 2.18. The maximum Gasteiger partial charge on any atom is 0.306 e. The van der Waals surface area contributed by atoms with E-state index in [0.717, 1.165) is 69.6 Å². The third-order valence-electron chi connectivity index (χ3n) is 12.5. The van der Waals surface area contributed by atoms with Gasteiger partial charge in [0.25, 0.3) is 0 Å². The van der Waals surface area contributed by atoms with Gasteiger partial charge in [0, 0.05) is 19.3 Å². The topological polar surface area (TPSA) is 78.9 Å². The smallest absolute Gasteiger partial charge is 0.306 e. The summed E-state index contributed by atoms with van der Waals surface area (Å²) in [6, 6.07) is 0. The minimum Gasteiger partial charge on any atom is -0.462 e. The average Bonchev–Trinajstić information content (AvgIpc) is 3.23. The molecule has 0 radical (unpaired) electrons. The summed E-state index contributed by atoms with van der Waals surface area (Å²) >= 11 is 0. The lowest BCUT2D eigenvalue weighted by Crippen LogP contribution is -2.30. The van der Waals surface area contributed by atoms with Gasteiger partial charge in [-0.3, -0.25) is 14.4 Å². The van der Waals surface area contributed by atoms with Gasteiger partial charge in [-0.1, -0.05) is 266 Å². The number of hydrogen-bond donors (Lipinski definition) is 0. The Morgan fingerprint density at radius 3 is 0.803 bits per heavy atom. The minimum atomic E-state index is -0.762. The summed E-state index contributed by atoms with van der Waals surface area (Å²) in [5.41, 5.74) is 0. The van der Waals surface area contributed by atoms with Crippen molar-refractivity contribution < 1.29 is 28.6 Å². The highest BCUT2D eigenvalue weighted by molar-refractivity contribution is 5.71. The number of hydrogen-bond acceptors (Lipinski definition) is 6. The van der Waals surface area contributed by atoms with E-state index in [9.17, 15) is 14.4 Å². The van der Waals surface area contributed by atoms with E-state index in [0.29, 0.717) is 19.3 Å². The predicted octanol–water partition coefficient (Wildman–Crippen LogP) is 17.7. The molecule has 0 saturated carbocycles. The van der Waals surface area contributed by atoms with Crippen LogP contribution in [0.5, 0.6) is 0 Å². The lowest BCUT2D eigenvalue weighted by atomic mass is 10.0. The van der Waals surface area contributed by atoms with Crippen LogP contribution in [0.25, 0.3) is 0 Å². The maximum atomic E-state index is 12.8. The second-order valence-electron chi connectivity index (χ2n) is 19.8. The van der Waals surface area contributed by atoms with Crippen LogP contribution in [0.15, 0.2) is 0 Å². The van der Waals surface area contributed by atoms with E-state index in [1.807, 2.05) is 0 Å². The summed E-state index contributed by atoms with van der Waals surface area (Å²) in [6.07, 6.45) is 49.5. The fourth-order valence-electron chi connectivity index (χ4n) is 8.34. The summed E-state index contributed by atoms with van der Waals surface area (Å²) in [5.74, 6) is 0.794. The highest BCUT2D eigenvalue weighted by atomic mass is 16.6. The molecule has 0 aliphatic heterocycles. The van der Waals surface area contributed by atoms with E-state index in [-0.39, 0.29) is 31.1 Å². The molecule has 6 nitrogen and oxygen atoms in total. The van der Waals surface area contributed by atoms with Gasteiger partial charge in [-0.05, 0) is 31.1 Å². The van der Waals surface area contributed by atoms with Crippen LogP contribution in [0.2, 0.25) is 0 Å². The molecule has 0 N–H and O–H groups in total. The van der Waals surface area contributed by atoms with E-state index in [1.165, 1.54) is 193 Å². The normalized spacial score (nSPS) is 12.0. The van der Waals surface area contributed by atoms with Crippen molar-refractivity contribution in [3.8, 4) is 0 Å². The average molecular weight is 863 g/mol. The second kappa shape index (κ2) is 47.9. The van der Waals surface area contributed by atoms with Gasteiger partial charge in [0.2, 0.25) is 0 Å². The Balaban J connectivity index is 4.29. The third-order valence-corrected chi connectivity index (χ3v) is 12.5. The molecule has 0 unspecified atom stereocenters. The number of ether oxygens (including phenoxy) is 3. The third kappa shape index (κ3) is 49.3. The van der Waals surface area contributed by atoms with Crippen molar-refractivity contribution in [1.29, 1.82) is 0 Å². The van der Waals surface area contributed by atoms with Gasteiger partial charge >= 0.3 is 17.9 Å². The summed E-state index contributed by atoms with van der Waals surface area (Å²) in [4.78, 5) is 38.0. The van der Waals surface area contributed by atoms with Gasteiger partial charge in [-0.2, -0.15) is 0 Å². The van der Waals surface area contributed by atoms with Crippen LogP contribution in [-0.2, 0) is 28.6 Å². The lowest BCUT2D eigenvalue weighted by molar-refractivity contribution is -0.167. The number of carbonyl (C=O) groups is 3. The first-order valence-electron chi connectivity index (χ1n) is 27.2. The zero-order valence-corrected chi connectivity index (χ0v) is 41.8. The van der Waals surface area contributed by atoms with Crippen LogP contribution in [0.4, 0.5) is 0 Å². The van der Waals surface area contributed by atoms with Crippen LogP contribution in [-0.4, -0.2) is 37.2 Å². The van der Waals surface area contributed by atoms with Gasteiger partial charge in [0.15, 0.2) is 6.10 Å². The van der Waals surface area contributed by atoms with E-state index >= 15 is 0 Å². The summed E-state index contributed by atoms with van der Waals surface area (Å²) < 4.78 is 16.8. The quantitative estimate of drug-likeness (QED) is 0.0344. The van der Waals surface area contributed by atoms with Gasteiger partial charge in [-0.25, -0.2) is 0 Å². The predicted molar refractivity (Wildman–Crippen MR) is 261 cm³/mol. The number of rotatable bonds is 49. The molecule has 0 aromatic rings. The van der Waals surface area contributed by atoms with E-state index in [1.54, 1.807) is 0 Å². The van der Waals surface area contributed by atoms with Gasteiger partial charge < -0.3 is 14.2 Å². The molecule has 0 saturated heterocycles. The Bertz CT molecular complexity index is 931. The molecule has 0 amide bonds. The van der Waals surface area contributed by atoms with E-state index < -0.39 is 6.10 Å². The van der Waals surface area contributed by atoms with Gasteiger partial charge in [0.1, 0.15) is 13.2 Å². The first-order valence-corrected chi connectivity index (χ1v) is 27.2. The summed E-state index contributed by atoms with van der Waals surface area (Å²) in [7, 11) is 0. The van der Waals surface area contributed by atoms with E-state index in [4.69, 9.17) is 14.2 Å². The molecular formula is C55H106O6. The van der Waals surface area contributed by atoms with Crippen LogP contribution < -0.4 is 0 Å². The number of esters is 3. The molecule has 0 aromatic heterocycles. The van der Waals surface area contributed by atoms with Crippen molar-refractivity contribution in [2.24, 2.45) is 11.8 Å². The maximum absolute atomic E-state index is 12.8. The van der Waals surface area contributed by atoms with Gasteiger partial charge in [0.05, 0.1) is 0 Å². The Kier molecular flexibility index (Phi) is 46.6. The standard InChI is InChI=1S/C55H106O6/c1-6-7-8-9-10-11-12-13-14-18-21-24-30-35-40-45-53(56)59-48-52(49-60-54(57)46-41-36-31-27-26-29-34-39-44-51(4)5)61-55(58)47-42-37-32-25-22-19-16-15-17-20-23-28-33-38-43-50(2)3/h50-52H,6-49H2,1-5H3/t52-/m0/s1. The van der Waals surface area contributed by atoms with Crippen LogP contribution >= 0.6 is 0 Å². The molecular weight excluding hydrogens is 757 g/mol. The molecule has 0 bridgehead atoms. The van der Waals surface area contributed by atoms with Crippen LogP contribution in [0.3, 0.4) is 0 Å². The summed E-state index contributed by atoms with van der Waals surface area (Å²) in [5, 5.41) is 0. The molecule has 362 valence electrons. The molecule has 1 atom stereocenters.